The van der Waals surface area contributed by atoms with Gasteiger partial charge in [-0.15, -0.1) is 0 Å². The average molecular weight is 380 g/mol. The number of hydrogen-bond donors (Lipinski definition) is 0. The SMILES string of the molecule is CCc1ccc(C(=O)Oc2ccc(C(C)c3cccc4ccccc34)cc2)cc1. The molecule has 0 saturated carbocycles. The number of carbonyl (C=O) groups is 1. The summed E-state index contributed by atoms with van der Waals surface area (Å²) in [7, 11) is 0. The van der Waals surface area contributed by atoms with Crippen molar-refractivity contribution in [2.24, 2.45) is 0 Å². The van der Waals surface area contributed by atoms with Crippen LogP contribution in [0.25, 0.3) is 10.8 Å². The highest BCUT2D eigenvalue weighted by Gasteiger charge is 2.13. The van der Waals surface area contributed by atoms with Gasteiger partial charge in [-0.2, -0.15) is 0 Å². The summed E-state index contributed by atoms with van der Waals surface area (Å²) in [5, 5.41) is 2.52. The van der Waals surface area contributed by atoms with E-state index in [0.717, 1.165) is 6.42 Å². The van der Waals surface area contributed by atoms with E-state index in [1.54, 1.807) is 0 Å². The third kappa shape index (κ3) is 4.07. The Morgan fingerprint density at radius 2 is 1.52 bits per heavy atom. The Bertz CT molecular complexity index is 1120. The van der Waals surface area contributed by atoms with Gasteiger partial charge in [-0.1, -0.05) is 80.6 Å². The highest BCUT2D eigenvalue weighted by molar-refractivity contribution is 5.91. The van der Waals surface area contributed by atoms with Crippen molar-refractivity contribution < 1.29 is 9.53 Å². The number of aryl methyl sites for hydroxylation is 1. The van der Waals surface area contributed by atoms with Gasteiger partial charge in [0.15, 0.2) is 0 Å². The molecule has 0 aliphatic heterocycles. The summed E-state index contributed by atoms with van der Waals surface area (Å²) in [6, 6.07) is 30.3. The summed E-state index contributed by atoms with van der Waals surface area (Å²) in [5.41, 5.74) is 4.25. The van der Waals surface area contributed by atoms with Gasteiger partial charge < -0.3 is 4.74 Å². The van der Waals surface area contributed by atoms with Crippen molar-refractivity contribution >= 4 is 16.7 Å². The number of benzene rings is 4. The van der Waals surface area contributed by atoms with Gasteiger partial charge >= 0.3 is 5.97 Å². The zero-order valence-corrected chi connectivity index (χ0v) is 16.8. The number of hydrogen-bond acceptors (Lipinski definition) is 2. The van der Waals surface area contributed by atoms with Gasteiger partial charge in [-0.3, -0.25) is 0 Å². The first-order valence-electron chi connectivity index (χ1n) is 10.0. The smallest absolute Gasteiger partial charge is 0.343 e. The first kappa shape index (κ1) is 18.9. The van der Waals surface area contributed by atoms with Crippen LogP contribution >= 0.6 is 0 Å². The summed E-state index contributed by atoms with van der Waals surface area (Å²) in [5.74, 6) is 0.471. The van der Waals surface area contributed by atoms with Gasteiger partial charge in [0.05, 0.1) is 5.56 Å². The molecule has 144 valence electrons. The number of rotatable bonds is 5. The van der Waals surface area contributed by atoms with Crippen LogP contribution in [0.1, 0.15) is 46.8 Å². The lowest BCUT2D eigenvalue weighted by atomic mass is 9.89. The molecule has 2 heteroatoms. The number of ether oxygens (including phenoxy) is 1. The Labute approximate surface area is 171 Å². The van der Waals surface area contributed by atoms with Gasteiger partial charge in [-0.05, 0) is 58.1 Å². The molecule has 0 aliphatic rings. The van der Waals surface area contributed by atoms with E-state index < -0.39 is 0 Å². The van der Waals surface area contributed by atoms with Crippen LogP contribution in [-0.2, 0) is 6.42 Å². The second kappa shape index (κ2) is 8.32. The number of esters is 1. The lowest BCUT2D eigenvalue weighted by molar-refractivity contribution is 0.0734. The van der Waals surface area contributed by atoms with E-state index in [1.165, 1.54) is 27.5 Å². The molecular weight excluding hydrogens is 356 g/mol. The maximum absolute atomic E-state index is 12.4. The molecule has 0 radical (unpaired) electrons. The number of fused-ring (bicyclic) bond motifs is 1. The second-order valence-corrected chi connectivity index (χ2v) is 7.30. The molecule has 1 unspecified atom stereocenters. The largest absolute Gasteiger partial charge is 0.423 e. The fourth-order valence-corrected chi connectivity index (χ4v) is 3.67. The van der Waals surface area contributed by atoms with Crippen LogP contribution in [0.5, 0.6) is 5.75 Å². The van der Waals surface area contributed by atoms with Crippen LogP contribution < -0.4 is 4.74 Å². The van der Waals surface area contributed by atoms with E-state index in [9.17, 15) is 4.79 Å². The van der Waals surface area contributed by atoms with E-state index in [2.05, 4.69) is 56.3 Å². The third-order valence-corrected chi connectivity index (χ3v) is 5.48. The fraction of sp³-hybridized carbons (Fsp3) is 0.148. The first-order chi connectivity index (χ1) is 14.2. The predicted molar refractivity (Wildman–Crippen MR) is 119 cm³/mol. The van der Waals surface area contributed by atoms with Crippen LogP contribution in [0.15, 0.2) is 91.0 Å². The molecule has 0 bridgehead atoms. The van der Waals surface area contributed by atoms with Crippen LogP contribution in [0.2, 0.25) is 0 Å². The minimum absolute atomic E-state index is 0.243. The average Bonchev–Trinajstić information content (AvgIpc) is 2.78. The van der Waals surface area contributed by atoms with Crippen LogP contribution in [0.4, 0.5) is 0 Å². The summed E-state index contributed by atoms with van der Waals surface area (Å²) < 4.78 is 5.55. The molecule has 0 N–H and O–H groups in total. The summed E-state index contributed by atoms with van der Waals surface area (Å²) >= 11 is 0. The molecule has 0 amide bonds. The molecule has 0 aliphatic carbocycles. The first-order valence-corrected chi connectivity index (χ1v) is 10.0. The van der Waals surface area contributed by atoms with Crippen molar-refractivity contribution in [3.05, 3.63) is 113 Å². The molecule has 0 saturated heterocycles. The van der Waals surface area contributed by atoms with Crippen molar-refractivity contribution in [1.82, 2.24) is 0 Å². The molecule has 4 aromatic carbocycles. The molecule has 1 atom stereocenters. The van der Waals surface area contributed by atoms with Gasteiger partial charge in [0.2, 0.25) is 0 Å². The van der Waals surface area contributed by atoms with Crippen molar-refractivity contribution in [2.75, 3.05) is 0 Å². The fourth-order valence-electron chi connectivity index (χ4n) is 3.67. The highest BCUT2D eigenvalue weighted by Crippen LogP contribution is 2.31. The normalized spacial score (nSPS) is 11.9. The van der Waals surface area contributed by atoms with Gasteiger partial charge in [0.25, 0.3) is 0 Å². The van der Waals surface area contributed by atoms with Crippen LogP contribution in [0, 0.1) is 0 Å². The molecular formula is C27H24O2. The molecule has 0 spiro atoms. The van der Waals surface area contributed by atoms with Crippen molar-refractivity contribution in [3.8, 4) is 5.75 Å². The van der Waals surface area contributed by atoms with Crippen LogP contribution in [0.3, 0.4) is 0 Å². The monoisotopic (exact) mass is 380 g/mol. The lowest BCUT2D eigenvalue weighted by Gasteiger charge is -2.16. The maximum Gasteiger partial charge on any atom is 0.343 e. The van der Waals surface area contributed by atoms with E-state index in [1.807, 2.05) is 48.5 Å². The van der Waals surface area contributed by atoms with Crippen molar-refractivity contribution in [1.29, 1.82) is 0 Å². The molecule has 0 aromatic heterocycles. The Morgan fingerprint density at radius 1 is 0.828 bits per heavy atom. The Kier molecular flexibility index (Phi) is 5.44. The predicted octanol–water partition coefficient (Wildman–Crippen LogP) is 6.77. The zero-order valence-electron chi connectivity index (χ0n) is 16.8. The molecule has 4 rings (SSSR count). The van der Waals surface area contributed by atoms with E-state index in [0.29, 0.717) is 11.3 Å². The van der Waals surface area contributed by atoms with Gasteiger partial charge in [0.1, 0.15) is 5.75 Å². The van der Waals surface area contributed by atoms with Gasteiger partial charge in [-0.25, -0.2) is 4.79 Å². The minimum Gasteiger partial charge on any atom is -0.423 e. The Morgan fingerprint density at radius 3 is 2.24 bits per heavy atom. The number of carbonyl (C=O) groups excluding carboxylic acids is 1. The molecule has 2 nitrogen and oxygen atoms in total. The van der Waals surface area contributed by atoms with Crippen molar-refractivity contribution in [3.63, 3.8) is 0 Å². The minimum atomic E-state index is -0.331. The maximum atomic E-state index is 12.4. The van der Waals surface area contributed by atoms with Crippen LogP contribution in [-0.4, -0.2) is 5.97 Å². The third-order valence-electron chi connectivity index (χ3n) is 5.48. The highest BCUT2D eigenvalue weighted by atomic mass is 16.5. The van der Waals surface area contributed by atoms with E-state index in [4.69, 9.17) is 4.74 Å². The van der Waals surface area contributed by atoms with Gasteiger partial charge in [0, 0.05) is 5.92 Å². The molecule has 0 fully saturated rings. The van der Waals surface area contributed by atoms with E-state index in [-0.39, 0.29) is 11.9 Å². The zero-order chi connectivity index (χ0) is 20.2. The standard InChI is InChI=1S/C27H24O2/c1-3-20-11-13-23(14-12-20)27(28)29-24-17-15-21(16-18-24)19(2)25-10-6-8-22-7-4-5-9-26(22)25/h4-19H,3H2,1-2H3. The molecule has 29 heavy (non-hydrogen) atoms. The van der Waals surface area contributed by atoms with Crippen molar-refractivity contribution in [2.45, 2.75) is 26.2 Å². The molecule has 0 heterocycles. The quantitative estimate of drug-likeness (QED) is 0.282. The summed E-state index contributed by atoms with van der Waals surface area (Å²) in [6.07, 6.45) is 0.950. The topological polar surface area (TPSA) is 26.3 Å². The summed E-state index contributed by atoms with van der Waals surface area (Å²) in [6.45, 7) is 4.30. The summed E-state index contributed by atoms with van der Waals surface area (Å²) in [4.78, 5) is 12.4. The lowest BCUT2D eigenvalue weighted by Crippen LogP contribution is -2.08. The Balaban J connectivity index is 1.51. The molecule has 4 aromatic rings. The van der Waals surface area contributed by atoms with E-state index >= 15 is 0 Å². The second-order valence-electron chi connectivity index (χ2n) is 7.30. The Hall–Kier alpha value is -3.39.